The summed E-state index contributed by atoms with van der Waals surface area (Å²) < 4.78 is 27.9. The van der Waals surface area contributed by atoms with Gasteiger partial charge < -0.3 is 5.32 Å². The number of sulfonamides is 1. The molecule has 0 aliphatic rings. The highest BCUT2D eigenvalue weighted by atomic mass is 35.5. The molecule has 0 fully saturated rings. The summed E-state index contributed by atoms with van der Waals surface area (Å²) in [6.07, 6.45) is 0. The summed E-state index contributed by atoms with van der Waals surface area (Å²) in [5.74, 6) is -0.772. The Morgan fingerprint density at radius 2 is 1.67 bits per heavy atom. The molecule has 8 nitrogen and oxygen atoms in total. The van der Waals surface area contributed by atoms with Gasteiger partial charge in [0.25, 0.3) is 21.6 Å². The van der Waals surface area contributed by atoms with Crippen LogP contribution in [-0.4, -0.2) is 25.8 Å². The number of anilines is 2. The summed E-state index contributed by atoms with van der Waals surface area (Å²) in [5.41, 5.74) is 0.0893. The van der Waals surface area contributed by atoms with Crippen LogP contribution in [0.1, 0.15) is 17.3 Å². The number of benzene rings is 3. The van der Waals surface area contributed by atoms with E-state index in [1.807, 2.05) is 0 Å². The summed E-state index contributed by atoms with van der Waals surface area (Å²) in [6, 6.07) is 14.2. The summed E-state index contributed by atoms with van der Waals surface area (Å²) in [4.78, 5) is 22.8. The molecule has 0 bridgehead atoms. The number of non-ortho nitro benzene ring substituents is 1. The molecule has 0 saturated carbocycles. The van der Waals surface area contributed by atoms with E-state index in [0.717, 1.165) is 16.4 Å². The summed E-state index contributed by atoms with van der Waals surface area (Å²) in [7, 11) is -4.14. The summed E-state index contributed by atoms with van der Waals surface area (Å²) in [5, 5.41) is 13.0. The van der Waals surface area contributed by atoms with Crippen LogP contribution in [0.3, 0.4) is 0 Å². The Hall–Kier alpha value is -2.85. The Labute approximate surface area is 204 Å². The number of carbonyl (C=O) groups excluding carboxylic acids is 1. The zero-order valence-electron chi connectivity index (χ0n) is 17.0. The Bertz CT molecular complexity index is 1330. The molecule has 12 heteroatoms. The predicted octanol–water partition coefficient (Wildman–Crippen LogP) is 6.02. The molecule has 3 rings (SSSR count). The predicted molar refractivity (Wildman–Crippen MR) is 129 cm³/mol. The molecule has 0 aliphatic carbocycles. The second kappa shape index (κ2) is 9.96. The topological polar surface area (TPSA) is 110 Å². The Kier molecular flexibility index (Phi) is 7.48. The van der Waals surface area contributed by atoms with Gasteiger partial charge in [0.1, 0.15) is 4.90 Å². The van der Waals surface area contributed by atoms with Crippen molar-refractivity contribution in [2.75, 3.05) is 16.2 Å². The molecule has 0 heterocycles. The number of halogens is 3. The van der Waals surface area contributed by atoms with Gasteiger partial charge in [-0.15, -0.1) is 0 Å². The van der Waals surface area contributed by atoms with Gasteiger partial charge in [0, 0.05) is 18.7 Å². The third kappa shape index (κ3) is 5.22. The first-order chi connectivity index (χ1) is 15.6. The van der Waals surface area contributed by atoms with Gasteiger partial charge in [-0.25, -0.2) is 8.42 Å². The number of hydrogen-bond acceptors (Lipinski definition) is 5. The molecule has 1 N–H and O–H groups in total. The number of rotatable bonds is 7. The summed E-state index contributed by atoms with van der Waals surface area (Å²) in [6.45, 7) is 1.78. The minimum absolute atomic E-state index is 0.0725. The van der Waals surface area contributed by atoms with Crippen molar-refractivity contribution in [1.82, 2.24) is 0 Å². The van der Waals surface area contributed by atoms with Gasteiger partial charge in [-0.05, 0) is 37.3 Å². The second-order valence-electron chi connectivity index (χ2n) is 6.64. The molecule has 172 valence electrons. The molecule has 3 aromatic rings. The van der Waals surface area contributed by atoms with E-state index >= 15 is 0 Å². The molecule has 3 aromatic carbocycles. The molecule has 1 amide bonds. The third-order valence-electron chi connectivity index (χ3n) is 4.58. The Morgan fingerprint density at radius 3 is 2.24 bits per heavy atom. The number of carbonyl (C=O) groups is 1. The lowest BCUT2D eigenvalue weighted by molar-refractivity contribution is -0.384. The van der Waals surface area contributed by atoms with E-state index < -0.39 is 20.9 Å². The number of amides is 1. The number of nitro benzene ring substituents is 1. The minimum Gasteiger partial charge on any atom is -0.321 e. The van der Waals surface area contributed by atoms with Gasteiger partial charge in [-0.2, -0.15) is 0 Å². The fourth-order valence-electron chi connectivity index (χ4n) is 3.01. The maximum Gasteiger partial charge on any atom is 0.271 e. The quantitative estimate of drug-likeness (QED) is 0.298. The van der Waals surface area contributed by atoms with Crippen LogP contribution in [0.25, 0.3) is 0 Å². The van der Waals surface area contributed by atoms with E-state index in [2.05, 4.69) is 5.32 Å². The van der Waals surface area contributed by atoms with Crippen LogP contribution in [-0.2, 0) is 10.0 Å². The highest BCUT2D eigenvalue weighted by molar-refractivity contribution is 7.93. The number of para-hydroxylation sites is 1. The number of nitrogens with one attached hydrogen (secondary N) is 1. The van der Waals surface area contributed by atoms with Crippen molar-refractivity contribution in [2.24, 2.45) is 0 Å². The van der Waals surface area contributed by atoms with Crippen LogP contribution in [0.2, 0.25) is 15.1 Å². The van der Waals surface area contributed by atoms with E-state index in [9.17, 15) is 23.3 Å². The number of nitro groups is 1. The average molecular weight is 529 g/mol. The first-order valence-electron chi connectivity index (χ1n) is 9.38. The zero-order valence-corrected chi connectivity index (χ0v) is 20.0. The Balaban J connectivity index is 2.00. The molecule has 0 aliphatic heterocycles. The van der Waals surface area contributed by atoms with Crippen LogP contribution < -0.4 is 9.62 Å². The van der Waals surface area contributed by atoms with Crippen LogP contribution in [0.4, 0.5) is 17.1 Å². The van der Waals surface area contributed by atoms with Crippen molar-refractivity contribution in [1.29, 1.82) is 0 Å². The highest BCUT2D eigenvalue weighted by Crippen LogP contribution is 2.34. The first-order valence-corrected chi connectivity index (χ1v) is 12.0. The molecule has 0 unspecified atom stereocenters. The molecule has 0 atom stereocenters. The minimum atomic E-state index is -4.14. The maximum atomic E-state index is 13.4. The van der Waals surface area contributed by atoms with Gasteiger partial charge in [0.05, 0.1) is 36.9 Å². The standard InChI is InChI=1S/C21H16Cl3N3O5S/c1-2-26(13-6-4-3-5-7-13)33(31,32)20-11-15(16(22)12-18(20)24)21(28)25-19-9-8-14(27(29)30)10-17(19)23/h3-12H,2H2,1H3,(H,25,28). The van der Waals surface area contributed by atoms with Crippen molar-refractivity contribution in [2.45, 2.75) is 11.8 Å². The number of nitrogens with zero attached hydrogens (tertiary/aromatic N) is 2. The van der Waals surface area contributed by atoms with E-state index in [4.69, 9.17) is 34.8 Å². The SMILES string of the molecule is CCN(c1ccccc1)S(=O)(=O)c1cc(C(=O)Nc2ccc([N+](=O)[O-])cc2Cl)c(Cl)cc1Cl. The maximum absolute atomic E-state index is 13.4. The lowest BCUT2D eigenvalue weighted by Gasteiger charge is -2.24. The van der Waals surface area contributed by atoms with Crippen molar-refractivity contribution in [3.8, 4) is 0 Å². The second-order valence-corrected chi connectivity index (χ2v) is 9.70. The monoisotopic (exact) mass is 527 g/mol. The molecule has 0 aromatic heterocycles. The highest BCUT2D eigenvalue weighted by Gasteiger charge is 2.28. The molecular weight excluding hydrogens is 513 g/mol. The van der Waals surface area contributed by atoms with E-state index in [1.165, 1.54) is 18.2 Å². The van der Waals surface area contributed by atoms with Crippen molar-refractivity contribution >= 4 is 67.8 Å². The smallest absolute Gasteiger partial charge is 0.271 e. The largest absolute Gasteiger partial charge is 0.321 e. The summed E-state index contributed by atoms with van der Waals surface area (Å²) >= 11 is 18.4. The molecular formula is C21H16Cl3N3O5S. The van der Waals surface area contributed by atoms with Gasteiger partial charge >= 0.3 is 0 Å². The fourth-order valence-corrected chi connectivity index (χ4v) is 5.55. The lowest BCUT2D eigenvalue weighted by Crippen LogP contribution is -2.31. The fraction of sp³-hybridized carbons (Fsp3) is 0.0952. The number of hydrogen-bond donors (Lipinski definition) is 1. The van der Waals surface area contributed by atoms with Crippen molar-refractivity contribution < 1.29 is 18.1 Å². The van der Waals surface area contributed by atoms with Gasteiger partial charge in [0.15, 0.2) is 0 Å². The van der Waals surface area contributed by atoms with E-state index in [1.54, 1.807) is 37.3 Å². The lowest BCUT2D eigenvalue weighted by atomic mass is 10.2. The zero-order chi connectivity index (χ0) is 24.3. The van der Waals surface area contributed by atoms with E-state index in [0.29, 0.717) is 5.69 Å². The van der Waals surface area contributed by atoms with Crippen molar-refractivity contribution in [3.05, 3.63) is 91.4 Å². The van der Waals surface area contributed by atoms with Crippen LogP contribution in [0, 0.1) is 10.1 Å². The van der Waals surface area contributed by atoms with Crippen LogP contribution in [0.15, 0.2) is 65.6 Å². The van der Waals surface area contributed by atoms with Gasteiger partial charge in [-0.3, -0.25) is 19.2 Å². The molecule has 0 saturated heterocycles. The molecule has 0 spiro atoms. The van der Waals surface area contributed by atoms with Crippen LogP contribution >= 0.6 is 34.8 Å². The average Bonchev–Trinajstić information content (AvgIpc) is 2.75. The first kappa shape index (κ1) is 24.8. The molecule has 33 heavy (non-hydrogen) atoms. The third-order valence-corrected chi connectivity index (χ3v) is 7.57. The Morgan fingerprint density at radius 1 is 1.00 bits per heavy atom. The molecule has 0 radical (unpaired) electrons. The van der Waals surface area contributed by atoms with Gasteiger partial charge in [0.2, 0.25) is 0 Å². The van der Waals surface area contributed by atoms with E-state index in [-0.39, 0.29) is 43.4 Å². The van der Waals surface area contributed by atoms with Crippen LogP contribution in [0.5, 0.6) is 0 Å². The van der Waals surface area contributed by atoms with Gasteiger partial charge in [-0.1, -0.05) is 53.0 Å². The normalized spacial score (nSPS) is 11.2. The van der Waals surface area contributed by atoms with Crippen molar-refractivity contribution in [3.63, 3.8) is 0 Å².